The van der Waals surface area contributed by atoms with Gasteiger partial charge in [-0.25, -0.2) is 0 Å². The van der Waals surface area contributed by atoms with E-state index >= 15 is 0 Å². The van der Waals surface area contributed by atoms with Crippen LogP contribution in [0.4, 0.5) is 0 Å². The van der Waals surface area contributed by atoms with Crippen LogP contribution in [0, 0.1) is 0 Å². The van der Waals surface area contributed by atoms with Gasteiger partial charge in [-0.2, -0.15) is 0 Å². The Bertz CT molecular complexity index is 2670. The van der Waals surface area contributed by atoms with Crippen LogP contribution in [0.5, 0.6) is 0 Å². The summed E-state index contributed by atoms with van der Waals surface area (Å²) in [5.41, 5.74) is 13.1. The van der Waals surface area contributed by atoms with Crippen LogP contribution >= 0.6 is 0 Å². The maximum atomic E-state index is 2.47. The summed E-state index contributed by atoms with van der Waals surface area (Å²) in [6, 6.07) is 65.0. The Morgan fingerprint density at radius 3 is 1.18 bits per heavy atom. The van der Waals surface area contributed by atoms with Crippen LogP contribution in [-0.2, 0) is 6.42 Å². The summed E-state index contributed by atoms with van der Waals surface area (Å²) in [4.78, 5) is 0. The molecule has 0 aliphatic heterocycles. The summed E-state index contributed by atoms with van der Waals surface area (Å²) >= 11 is 0. The molecule has 0 bridgehead atoms. The smallest absolute Gasteiger partial charge is 0.00139 e. The Morgan fingerprint density at radius 1 is 0.280 bits per heavy atom. The van der Waals surface area contributed by atoms with E-state index in [4.69, 9.17) is 0 Å². The molecule has 0 N–H and O–H groups in total. The third kappa shape index (κ3) is 4.46. The number of benzene rings is 9. The van der Waals surface area contributed by atoms with E-state index in [1.807, 2.05) is 0 Å². The van der Waals surface area contributed by atoms with Crippen molar-refractivity contribution in [1.82, 2.24) is 0 Å². The predicted octanol–water partition coefficient (Wildman–Crippen LogP) is 13.7. The van der Waals surface area contributed by atoms with Crippen LogP contribution in [-0.4, -0.2) is 0 Å². The van der Waals surface area contributed by atoms with Gasteiger partial charge >= 0.3 is 0 Å². The minimum absolute atomic E-state index is 1.06. The van der Waals surface area contributed by atoms with Gasteiger partial charge in [-0.1, -0.05) is 182 Å². The van der Waals surface area contributed by atoms with Crippen LogP contribution in [0.2, 0.25) is 0 Å². The SMILES string of the molecule is C1=C(c2c3ccccc3c(-c3c4ccccc4c(-c4ccc(-c5ccccc5)cc4)c4ccccc34)c3ccccc23)c2ccccc2CC1. The highest BCUT2D eigenvalue weighted by Crippen LogP contribution is 2.50. The number of hydrogen-bond donors (Lipinski definition) is 0. The Balaban J connectivity index is 1.30. The van der Waals surface area contributed by atoms with Crippen molar-refractivity contribution in [2.45, 2.75) is 12.8 Å². The maximum Gasteiger partial charge on any atom is -0.00139 e. The van der Waals surface area contributed by atoms with E-state index < -0.39 is 0 Å². The first-order chi connectivity index (χ1) is 24.8. The van der Waals surface area contributed by atoms with Crippen molar-refractivity contribution in [2.75, 3.05) is 0 Å². The number of allylic oxidation sites excluding steroid dienone is 1. The van der Waals surface area contributed by atoms with Gasteiger partial charge in [0.25, 0.3) is 0 Å². The van der Waals surface area contributed by atoms with E-state index in [1.54, 1.807) is 0 Å². The van der Waals surface area contributed by atoms with E-state index in [0.29, 0.717) is 0 Å². The molecule has 0 aromatic heterocycles. The van der Waals surface area contributed by atoms with Crippen molar-refractivity contribution in [3.05, 3.63) is 199 Å². The molecule has 1 aliphatic rings. The highest BCUT2D eigenvalue weighted by molar-refractivity contribution is 6.29. The number of rotatable bonds is 4. The first-order valence-electron chi connectivity index (χ1n) is 17.7. The van der Waals surface area contributed by atoms with Gasteiger partial charge in [0, 0.05) is 0 Å². The molecule has 0 amide bonds. The molecule has 0 spiro atoms. The van der Waals surface area contributed by atoms with E-state index in [2.05, 4.69) is 182 Å². The largest absolute Gasteiger partial charge is 0.0757 e. The van der Waals surface area contributed by atoms with Gasteiger partial charge in [-0.15, -0.1) is 0 Å². The van der Waals surface area contributed by atoms with Gasteiger partial charge in [0.2, 0.25) is 0 Å². The molecule has 0 heteroatoms. The lowest BCUT2D eigenvalue weighted by Crippen LogP contribution is -2.03. The molecule has 0 saturated carbocycles. The summed E-state index contributed by atoms with van der Waals surface area (Å²) in [6.07, 6.45) is 4.62. The zero-order valence-electron chi connectivity index (χ0n) is 27.7. The van der Waals surface area contributed by atoms with Gasteiger partial charge in [-0.3, -0.25) is 0 Å². The second kappa shape index (κ2) is 11.7. The standard InChI is InChI=1S/C50H34/c1-2-15-33(16-3-1)34-29-31-36(32-30-34)47-39-20-6-10-24-43(39)49(44-25-11-7-21-40(44)47)50-45-26-12-8-22-41(45)48(42-23-9-13-27-46(42)50)38-28-14-18-35-17-4-5-19-37(35)38/h1-13,15-17,19-32H,14,18H2. The highest BCUT2D eigenvalue weighted by Gasteiger charge is 2.24. The molecule has 9 aromatic rings. The Hall–Kier alpha value is -6.24. The molecular weight excluding hydrogens is 601 g/mol. The topological polar surface area (TPSA) is 0 Å². The molecule has 1 aliphatic carbocycles. The second-order valence-electron chi connectivity index (χ2n) is 13.4. The summed E-state index contributed by atoms with van der Waals surface area (Å²) in [5, 5.41) is 10.3. The minimum Gasteiger partial charge on any atom is -0.0757 e. The number of aryl methyl sites for hydroxylation is 1. The summed E-state index contributed by atoms with van der Waals surface area (Å²) in [6.45, 7) is 0. The zero-order chi connectivity index (χ0) is 33.0. The van der Waals surface area contributed by atoms with Crippen LogP contribution in [0.15, 0.2) is 182 Å². The van der Waals surface area contributed by atoms with Gasteiger partial charge in [-0.05, 0) is 112 Å². The summed E-state index contributed by atoms with van der Waals surface area (Å²) in [7, 11) is 0. The highest BCUT2D eigenvalue weighted by atomic mass is 14.3. The first-order valence-corrected chi connectivity index (χ1v) is 17.7. The molecule has 0 heterocycles. The molecule has 0 nitrogen and oxygen atoms in total. The molecule has 50 heavy (non-hydrogen) atoms. The molecule has 0 unspecified atom stereocenters. The summed E-state index contributed by atoms with van der Waals surface area (Å²) < 4.78 is 0. The van der Waals surface area contributed by atoms with Crippen LogP contribution in [0.1, 0.15) is 23.1 Å². The van der Waals surface area contributed by atoms with Crippen LogP contribution in [0.25, 0.3) is 82.0 Å². The lowest BCUT2D eigenvalue weighted by molar-refractivity contribution is 0.978. The number of hydrogen-bond acceptors (Lipinski definition) is 0. The Kier molecular flexibility index (Phi) is 6.74. The van der Waals surface area contributed by atoms with Gasteiger partial charge in [0.05, 0.1) is 0 Å². The molecule has 0 atom stereocenters. The van der Waals surface area contributed by atoms with E-state index in [1.165, 1.54) is 98.7 Å². The quantitative estimate of drug-likeness (QED) is 0.169. The minimum atomic E-state index is 1.06. The Morgan fingerprint density at radius 2 is 0.660 bits per heavy atom. The monoisotopic (exact) mass is 634 g/mol. The van der Waals surface area contributed by atoms with Crippen molar-refractivity contribution in [1.29, 1.82) is 0 Å². The molecule has 9 aromatic carbocycles. The van der Waals surface area contributed by atoms with E-state index in [0.717, 1.165) is 12.8 Å². The second-order valence-corrected chi connectivity index (χ2v) is 13.4. The van der Waals surface area contributed by atoms with Gasteiger partial charge < -0.3 is 0 Å². The average Bonchev–Trinajstić information content (AvgIpc) is 3.19. The van der Waals surface area contributed by atoms with Crippen molar-refractivity contribution in [3.8, 4) is 33.4 Å². The fourth-order valence-electron chi connectivity index (χ4n) is 8.58. The fourth-order valence-corrected chi connectivity index (χ4v) is 8.58. The lowest BCUT2D eigenvalue weighted by atomic mass is 9.78. The van der Waals surface area contributed by atoms with Crippen molar-refractivity contribution in [3.63, 3.8) is 0 Å². The average molecular weight is 635 g/mol. The fraction of sp³-hybridized carbons (Fsp3) is 0.0400. The molecule has 10 rings (SSSR count). The van der Waals surface area contributed by atoms with Gasteiger partial charge in [0.15, 0.2) is 0 Å². The predicted molar refractivity (Wildman–Crippen MR) is 215 cm³/mol. The van der Waals surface area contributed by atoms with Crippen LogP contribution in [0.3, 0.4) is 0 Å². The van der Waals surface area contributed by atoms with Gasteiger partial charge in [0.1, 0.15) is 0 Å². The molecular formula is C50H34. The normalized spacial score (nSPS) is 12.8. The molecule has 0 fully saturated rings. The first kappa shape index (κ1) is 28.7. The molecule has 234 valence electrons. The molecule has 0 radical (unpaired) electrons. The maximum absolute atomic E-state index is 2.47. The lowest BCUT2D eigenvalue weighted by Gasteiger charge is -2.24. The third-order valence-corrected chi connectivity index (χ3v) is 10.7. The van der Waals surface area contributed by atoms with E-state index in [-0.39, 0.29) is 0 Å². The third-order valence-electron chi connectivity index (χ3n) is 10.7. The van der Waals surface area contributed by atoms with Crippen molar-refractivity contribution < 1.29 is 0 Å². The zero-order valence-corrected chi connectivity index (χ0v) is 27.7. The summed E-state index contributed by atoms with van der Waals surface area (Å²) in [5.74, 6) is 0. The van der Waals surface area contributed by atoms with Crippen molar-refractivity contribution >= 4 is 48.7 Å². The van der Waals surface area contributed by atoms with E-state index in [9.17, 15) is 0 Å². The molecule has 0 saturated heterocycles. The van der Waals surface area contributed by atoms with Crippen LogP contribution < -0.4 is 0 Å². The van der Waals surface area contributed by atoms with Crippen molar-refractivity contribution in [2.24, 2.45) is 0 Å². The Labute approximate surface area is 292 Å². The number of fused-ring (bicyclic) bond motifs is 5.